The Hall–Kier alpha value is 0.495. The van der Waals surface area contributed by atoms with Crippen LogP contribution in [-0.4, -0.2) is 18.1 Å². The van der Waals surface area contributed by atoms with Gasteiger partial charge in [0.15, 0.2) is 0 Å². The fraction of sp³-hybridized carbons (Fsp3) is 1.00. The molecule has 14 heavy (non-hydrogen) atoms. The average molecular weight is 212 g/mol. The van der Waals surface area contributed by atoms with Crippen molar-refractivity contribution in [1.82, 2.24) is 0 Å². The van der Waals surface area contributed by atoms with E-state index in [0.29, 0.717) is 15.6 Å². The lowest BCUT2D eigenvalue weighted by Gasteiger charge is -2.46. The molecule has 2 atom stereocenters. The normalized spacial score (nSPS) is 33.8. The maximum atomic E-state index is 2.51. The first-order chi connectivity index (χ1) is 6.12. The minimum atomic E-state index is 0.516. The Labute approximate surface area is 92.8 Å². The highest BCUT2D eigenvalue weighted by Gasteiger charge is 2.38. The molecule has 0 heterocycles. The second-order valence-corrected chi connectivity index (χ2v) is 10.1. The Kier molecular flexibility index (Phi) is 3.43. The molecule has 0 aliphatic heterocycles. The zero-order valence-corrected chi connectivity index (χ0v) is 11.8. The Balaban J connectivity index is 2.65. The van der Waals surface area contributed by atoms with Gasteiger partial charge in [-0.1, -0.05) is 47.5 Å². The smallest absolute Gasteiger partial charge is 0.114 e. The van der Waals surface area contributed by atoms with E-state index in [-0.39, 0.29) is 0 Å². The van der Waals surface area contributed by atoms with Gasteiger partial charge in [0.2, 0.25) is 0 Å². The van der Waals surface area contributed by atoms with E-state index in [4.69, 9.17) is 0 Å². The van der Waals surface area contributed by atoms with E-state index in [2.05, 4.69) is 42.5 Å². The third kappa shape index (κ3) is 3.93. The van der Waals surface area contributed by atoms with Crippen LogP contribution in [0.15, 0.2) is 0 Å². The monoisotopic (exact) mass is 212 g/mol. The van der Waals surface area contributed by atoms with Crippen molar-refractivity contribution in [2.75, 3.05) is 0 Å². The van der Waals surface area contributed by atoms with Crippen LogP contribution in [0.4, 0.5) is 0 Å². The molecule has 0 spiro atoms. The van der Waals surface area contributed by atoms with Crippen molar-refractivity contribution < 1.29 is 0 Å². The second kappa shape index (κ2) is 3.82. The van der Waals surface area contributed by atoms with Gasteiger partial charge < -0.3 is 0 Å². The van der Waals surface area contributed by atoms with Crippen molar-refractivity contribution in [2.45, 2.75) is 70.5 Å². The first-order valence-corrected chi connectivity index (χ1v) is 6.91. The van der Waals surface area contributed by atoms with E-state index in [0.717, 1.165) is 8.58 Å². The summed E-state index contributed by atoms with van der Waals surface area (Å²) in [5.74, 6) is 0. The van der Waals surface area contributed by atoms with E-state index < -0.39 is 0 Å². The quantitative estimate of drug-likeness (QED) is 0.461. The fourth-order valence-corrected chi connectivity index (χ4v) is 5.88. The van der Waals surface area contributed by atoms with Crippen LogP contribution in [-0.2, 0) is 0 Å². The minimum absolute atomic E-state index is 0.516. The average Bonchev–Trinajstić information content (AvgIpc) is 1.75. The molecule has 0 nitrogen and oxygen atoms in total. The molecule has 2 heteroatoms. The van der Waals surface area contributed by atoms with Crippen molar-refractivity contribution in [3.05, 3.63) is 0 Å². The predicted octanol–water partition coefficient (Wildman–Crippen LogP) is 3.39. The summed E-state index contributed by atoms with van der Waals surface area (Å²) in [5, 5.41) is 1.14. The van der Waals surface area contributed by atoms with Crippen LogP contribution in [0.25, 0.3) is 0 Å². The third-order valence-electron chi connectivity index (χ3n) is 3.13. The lowest BCUT2D eigenvalue weighted by molar-refractivity contribution is 0.234. The van der Waals surface area contributed by atoms with E-state index in [1.54, 1.807) is 0 Å². The van der Waals surface area contributed by atoms with Crippen molar-refractivity contribution in [2.24, 2.45) is 5.41 Å². The van der Waals surface area contributed by atoms with Crippen LogP contribution in [0.1, 0.15) is 60.3 Å². The number of hydrogen-bond acceptors (Lipinski definition) is 0. The molecular formula is C12H26BP. The molecule has 0 amide bonds. The molecule has 0 bridgehead atoms. The molecule has 1 aliphatic carbocycles. The lowest BCUT2D eigenvalue weighted by atomic mass is 9.64. The molecule has 82 valence electrons. The van der Waals surface area contributed by atoms with Gasteiger partial charge in [0, 0.05) is 0 Å². The lowest BCUT2D eigenvalue weighted by Crippen LogP contribution is -2.38. The van der Waals surface area contributed by atoms with E-state index in [1.807, 2.05) is 0 Å². The van der Waals surface area contributed by atoms with Crippen molar-refractivity contribution in [3.8, 4) is 0 Å². The summed E-state index contributed by atoms with van der Waals surface area (Å²) in [6.07, 6.45) is 5.74. The van der Waals surface area contributed by atoms with Crippen LogP contribution in [0, 0.1) is 5.41 Å². The molecule has 0 aromatic carbocycles. The Morgan fingerprint density at radius 1 is 1.14 bits per heavy atom. The molecule has 1 saturated carbocycles. The molecule has 0 saturated heterocycles. The van der Waals surface area contributed by atoms with Gasteiger partial charge >= 0.3 is 0 Å². The van der Waals surface area contributed by atoms with Gasteiger partial charge in [-0.05, 0) is 28.5 Å². The molecular weight excluding hydrogens is 186 g/mol. The summed E-state index contributed by atoms with van der Waals surface area (Å²) in [7, 11) is 3.62. The maximum Gasteiger partial charge on any atom is 0.114 e. The summed E-state index contributed by atoms with van der Waals surface area (Å²) in [5.41, 5.74) is 0.589. The topological polar surface area (TPSA) is 0 Å². The SMILES string of the molecule is BC1(PC(C)(C)C)CCCC(C)(C)C1. The molecule has 1 rings (SSSR count). The van der Waals surface area contributed by atoms with E-state index >= 15 is 0 Å². The second-order valence-electron chi connectivity index (χ2n) is 7.13. The molecule has 0 radical (unpaired) electrons. The number of hydrogen-bond donors (Lipinski definition) is 0. The van der Waals surface area contributed by atoms with Gasteiger partial charge in [0.1, 0.15) is 7.85 Å². The highest BCUT2D eigenvalue weighted by Crippen LogP contribution is 2.53. The molecule has 0 aromatic heterocycles. The van der Waals surface area contributed by atoms with Gasteiger partial charge in [0.05, 0.1) is 0 Å². The van der Waals surface area contributed by atoms with Gasteiger partial charge in [-0.15, -0.1) is 8.58 Å². The first kappa shape index (κ1) is 12.6. The standard InChI is InChI=1S/C12H26BP/c1-10(2,3)14-12(13)8-6-7-11(4,5)9-12/h14H,6-9,13H2,1-5H3. The molecule has 2 unspecified atom stereocenters. The summed E-state index contributed by atoms with van der Waals surface area (Å²) in [6.45, 7) is 12.0. The van der Waals surface area contributed by atoms with Crippen LogP contribution < -0.4 is 0 Å². The Morgan fingerprint density at radius 3 is 2.14 bits per heavy atom. The van der Waals surface area contributed by atoms with Crippen LogP contribution in [0.3, 0.4) is 0 Å². The highest BCUT2D eigenvalue weighted by atomic mass is 31.1. The molecule has 0 aromatic rings. The number of rotatable bonds is 1. The Morgan fingerprint density at radius 2 is 1.71 bits per heavy atom. The summed E-state index contributed by atoms with van der Waals surface area (Å²) in [6, 6.07) is 0. The predicted molar refractivity (Wildman–Crippen MR) is 71.6 cm³/mol. The van der Waals surface area contributed by atoms with E-state index in [9.17, 15) is 0 Å². The minimum Gasteiger partial charge on any atom is -0.118 e. The first-order valence-electron chi connectivity index (χ1n) is 5.91. The Bertz CT molecular complexity index is 201. The zero-order chi connectivity index (χ0) is 11.0. The third-order valence-corrected chi connectivity index (χ3v) is 4.91. The largest absolute Gasteiger partial charge is 0.118 e. The molecule has 0 N–H and O–H groups in total. The summed E-state index contributed by atoms with van der Waals surface area (Å²) in [4.78, 5) is 0. The summed E-state index contributed by atoms with van der Waals surface area (Å²) < 4.78 is 0. The van der Waals surface area contributed by atoms with Crippen molar-refractivity contribution in [3.63, 3.8) is 0 Å². The van der Waals surface area contributed by atoms with Crippen molar-refractivity contribution >= 4 is 16.4 Å². The van der Waals surface area contributed by atoms with Gasteiger partial charge in [-0.25, -0.2) is 0 Å². The zero-order valence-electron chi connectivity index (χ0n) is 10.8. The van der Waals surface area contributed by atoms with Crippen LogP contribution in [0.2, 0.25) is 0 Å². The van der Waals surface area contributed by atoms with Gasteiger partial charge in [-0.2, -0.15) is 0 Å². The maximum absolute atomic E-state index is 2.51. The van der Waals surface area contributed by atoms with Crippen LogP contribution in [0.5, 0.6) is 0 Å². The van der Waals surface area contributed by atoms with Gasteiger partial charge in [0.25, 0.3) is 0 Å². The highest BCUT2D eigenvalue weighted by molar-refractivity contribution is 7.44. The van der Waals surface area contributed by atoms with Gasteiger partial charge in [-0.3, -0.25) is 0 Å². The van der Waals surface area contributed by atoms with Crippen LogP contribution >= 0.6 is 8.58 Å². The van der Waals surface area contributed by atoms with Crippen molar-refractivity contribution in [1.29, 1.82) is 0 Å². The summed E-state index contributed by atoms with van der Waals surface area (Å²) >= 11 is 0. The molecule has 1 fully saturated rings. The molecule has 1 aliphatic rings. The fourth-order valence-electron chi connectivity index (χ4n) is 3.20. The van der Waals surface area contributed by atoms with E-state index in [1.165, 1.54) is 25.7 Å².